The highest BCUT2D eigenvalue weighted by Crippen LogP contribution is 2.29. The van der Waals surface area contributed by atoms with Gasteiger partial charge in [0.2, 0.25) is 0 Å². The first-order chi connectivity index (χ1) is 8.13. The molecule has 1 N–H and O–H groups in total. The third-order valence-corrected chi connectivity index (χ3v) is 2.81. The van der Waals surface area contributed by atoms with Crippen LogP contribution in [0.4, 0.5) is 0 Å². The fourth-order valence-corrected chi connectivity index (χ4v) is 1.71. The molecule has 2 rings (SSSR count). The van der Waals surface area contributed by atoms with E-state index >= 15 is 0 Å². The Kier molecular flexibility index (Phi) is 3.09. The third-order valence-electron chi connectivity index (χ3n) is 2.81. The molecule has 0 radical (unpaired) electrons. The normalized spacial score (nSPS) is 21.1. The first-order valence-electron chi connectivity index (χ1n) is 5.73. The largest absolute Gasteiger partial charge is 0.278 e. The summed E-state index contributed by atoms with van der Waals surface area (Å²) in [5, 5.41) is 6.94. The van der Waals surface area contributed by atoms with Crippen molar-refractivity contribution in [2.45, 2.75) is 20.8 Å². The van der Waals surface area contributed by atoms with Gasteiger partial charge in [-0.05, 0) is 19.1 Å². The molecule has 0 aromatic carbocycles. The minimum Gasteiger partial charge on any atom is -0.278 e. The quantitative estimate of drug-likeness (QED) is 0.826. The number of nitrogens with one attached hydrogen (secondary N) is 1. The molecule has 17 heavy (non-hydrogen) atoms. The lowest BCUT2D eigenvalue weighted by Gasteiger charge is -2.24. The number of allylic oxidation sites excluding steroid dienone is 5. The maximum Gasteiger partial charge on any atom is 0.0650 e. The van der Waals surface area contributed by atoms with Crippen LogP contribution in [0.25, 0.3) is 5.57 Å². The zero-order valence-corrected chi connectivity index (χ0v) is 10.4. The van der Waals surface area contributed by atoms with Crippen LogP contribution in [-0.2, 0) is 0 Å². The number of aliphatic imine (C=N–C) groups is 1. The standard InChI is InChI=1S/C14H17N3/c1-4-8-15-13-10-11(5-7-14(13,2)3)12-6-9-16-17-12/h4-10H,1-3H3,(H,16,17)/b8-4-,15-13?. The first kappa shape index (κ1) is 11.6. The summed E-state index contributed by atoms with van der Waals surface area (Å²) >= 11 is 0. The summed E-state index contributed by atoms with van der Waals surface area (Å²) in [6.07, 6.45) is 11.9. The summed E-state index contributed by atoms with van der Waals surface area (Å²) in [7, 11) is 0. The number of hydrogen-bond acceptors (Lipinski definition) is 2. The molecule has 1 aliphatic rings. The fourth-order valence-electron chi connectivity index (χ4n) is 1.71. The SMILES string of the molecule is C/C=C\N=C1C=C(c2ccn[nH]2)C=CC1(C)C. The van der Waals surface area contributed by atoms with E-state index in [1.165, 1.54) is 0 Å². The predicted molar refractivity (Wildman–Crippen MR) is 71.7 cm³/mol. The highest BCUT2D eigenvalue weighted by molar-refractivity contribution is 6.08. The van der Waals surface area contributed by atoms with Crippen molar-refractivity contribution in [1.82, 2.24) is 10.2 Å². The fraction of sp³-hybridized carbons (Fsp3) is 0.286. The van der Waals surface area contributed by atoms with Crippen molar-refractivity contribution in [3.8, 4) is 0 Å². The van der Waals surface area contributed by atoms with Crippen LogP contribution < -0.4 is 0 Å². The Bertz CT molecular complexity index is 500. The number of aromatic amines is 1. The molecule has 0 spiro atoms. The Morgan fingerprint density at radius 3 is 2.88 bits per heavy atom. The Labute approximate surface area is 102 Å². The molecule has 0 saturated heterocycles. The van der Waals surface area contributed by atoms with Crippen molar-refractivity contribution in [3.63, 3.8) is 0 Å². The molecule has 1 aromatic rings. The van der Waals surface area contributed by atoms with E-state index in [4.69, 9.17) is 0 Å². The second-order valence-corrected chi connectivity index (χ2v) is 4.62. The van der Waals surface area contributed by atoms with E-state index in [2.05, 4.69) is 47.3 Å². The van der Waals surface area contributed by atoms with Crippen LogP contribution in [-0.4, -0.2) is 15.9 Å². The maximum absolute atomic E-state index is 4.49. The van der Waals surface area contributed by atoms with Gasteiger partial charge in [-0.15, -0.1) is 0 Å². The highest BCUT2D eigenvalue weighted by atomic mass is 15.1. The summed E-state index contributed by atoms with van der Waals surface area (Å²) in [5.74, 6) is 0. The van der Waals surface area contributed by atoms with E-state index in [1.807, 2.05) is 25.3 Å². The van der Waals surface area contributed by atoms with Crippen LogP contribution in [0.15, 0.2) is 47.8 Å². The van der Waals surface area contributed by atoms with Gasteiger partial charge in [-0.25, -0.2) is 0 Å². The van der Waals surface area contributed by atoms with Crippen LogP contribution in [0, 0.1) is 5.41 Å². The zero-order valence-electron chi connectivity index (χ0n) is 10.4. The summed E-state index contributed by atoms with van der Waals surface area (Å²) in [5.41, 5.74) is 3.17. The molecule has 0 fully saturated rings. The summed E-state index contributed by atoms with van der Waals surface area (Å²) in [6.45, 7) is 6.29. The van der Waals surface area contributed by atoms with Gasteiger partial charge in [0.1, 0.15) is 0 Å². The average Bonchev–Trinajstić information content (AvgIpc) is 2.81. The van der Waals surface area contributed by atoms with Crippen LogP contribution in [0.5, 0.6) is 0 Å². The highest BCUT2D eigenvalue weighted by Gasteiger charge is 2.23. The molecule has 3 heteroatoms. The third kappa shape index (κ3) is 2.44. The number of rotatable bonds is 2. The molecule has 1 aromatic heterocycles. The van der Waals surface area contributed by atoms with Gasteiger partial charge in [0.15, 0.2) is 0 Å². The Hall–Kier alpha value is -1.90. The van der Waals surface area contributed by atoms with E-state index < -0.39 is 0 Å². The van der Waals surface area contributed by atoms with Gasteiger partial charge in [-0.3, -0.25) is 10.1 Å². The van der Waals surface area contributed by atoms with Gasteiger partial charge in [0.25, 0.3) is 0 Å². The molecular formula is C14H17N3. The average molecular weight is 227 g/mol. The molecule has 0 aliphatic heterocycles. The van der Waals surface area contributed by atoms with E-state index in [9.17, 15) is 0 Å². The zero-order chi connectivity index (χ0) is 12.3. The van der Waals surface area contributed by atoms with E-state index in [0.717, 1.165) is 17.0 Å². The summed E-state index contributed by atoms with van der Waals surface area (Å²) in [4.78, 5) is 4.49. The van der Waals surface area contributed by atoms with Gasteiger partial charge in [-0.2, -0.15) is 5.10 Å². The van der Waals surface area contributed by atoms with E-state index in [1.54, 1.807) is 6.20 Å². The first-order valence-corrected chi connectivity index (χ1v) is 5.73. The molecular weight excluding hydrogens is 210 g/mol. The van der Waals surface area contributed by atoms with Gasteiger partial charge < -0.3 is 0 Å². The summed E-state index contributed by atoms with van der Waals surface area (Å²) < 4.78 is 0. The molecule has 1 heterocycles. The summed E-state index contributed by atoms with van der Waals surface area (Å²) in [6, 6.07) is 1.96. The molecule has 0 saturated carbocycles. The van der Waals surface area contributed by atoms with Crippen LogP contribution in [0.2, 0.25) is 0 Å². The van der Waals surface area contributed by atoms with Crippen molar-refractivity contribution < 1.29 is 0 Å². The molecule has 0 bridgehead atoms. The second-order valence-electron chi connectivity index (χ2n) is 4.62. The maximum atomic E-state index is 4.49. The lowest BCUT2D eigenvalue weighted by atomic mass is 9.81. The van der Waals surface area contributed by atoms with Crippen molar-refractivity contribution in [2.75, 3.05) is 0 Å². The molecule has 0 amide bonds. The topological polar surface area (TPSA) is 41.0 Å². The number of nitrogens with zero attached hydrogens (tertiary/aromatic N) is 2. The number of aromatic nitrogens is 2. The van der Waals surface area contributed by atoms with Crippen LogP contribution in [0.3, 0.4) is 0 Å². The molecule has 1 aliphatic carbocycles. The van der Waals surface area contributed by atoms with Crippen LogP contribution >= 0.6 is 0 Å². The Morgan fingerprint density at radius 2 is 2.24 bits per heavy atom. The molecule has 88 valence electrons. The van der Waals surface area contributed by atoms with E-state index in [-0.39, 0.29) is 5.41 Å². The predicted octanol–water partition coefficient (Wildman–Crippen LogP) is 3.36. The van der Waals surface area contributed by atoms with Gasteiger partial charge in [-0.1, -0.05) is 32.1 Å². The van der Waals surface area contributed by atoms with Gasteiger partial charge in [0, 0.05) is 23.4 Å². The molecule has 0 atom stereocenters. The second kappa shape index (κ2) is 4.53. The van der Waals surface area contributed by atoms with Gasteiger partial charge in [0.05, 0.1) is 11.4 Å². The monoisotopic (exact) mass is 227 g/mol. The lowest BCUT2D eigenvalue weighted by Crippen LogP contribution is -2.22. The minimum atomic E-state index is -0.0248. The number of hydrogen-bond donors (Lipinski definition) is 1. The number of H-pyrrole nitrogens is 1. The molecule has 0 unspecified atom stereocenters. The van der Waals surface area contributed by atoms with Crippen molar-refractivity contribution in [1.29, 1.82) is 0 Å². The smallest absolute Gasteiger partial charge is 0.0650 e. The van der Waals surface area contributed by atoms with Crippen LogP contribution in [0.1, 0.15) is 26.5 Å². The lowest BCUT2D eigenvalue weighted by molar-refractivity contribution is 0.677. The molecule has 3 nitrogen and oxygen atoms in total. The van der Waals surface area contributed by atoms with Crippen molar-refractivity contribution >= 4 is 11.3 Å². The minimum absolute atomic E-state index is 0.0248. The van der Waals surface area contributed by atoms with E-state index in [0.29, 0.717) is 0 Å². The van der Waals surface area contributed by atoms with Crippen molar-refractivity contribution in [3.05, 3.63) is 48.5 Å². The van der Waals surface area contributed by atoms with Gasteiger partial charge >= 0.3 is 0 Å². The van der Waals surface area contributed by atoms with Crippen molar-refractivity contribution in [2.24, 2.45) is 10.4 Å². The Balaban J connectivity index is 2.39. The Morgan fingerprint density at radius 1 is 1.41 bits per heavy atom.